The van der Waals surface area contributed by atoms with Crippen LogP contribution >= 0.6 is 11.8 Å². The summed E-state index contributed by atoms with van der Waals surface area (Å²) >= 11 is 1.10. The van der Waals surface area contributed by atoms with Crippen LogP contribution in [0.4, 0.5) is 5.69 Å². The lowest BCUT2D eigenvalue weighted by Crippen LogP contribution is -2.36. The Morgan fingerprint density at radius 1 is 1.19 bits per heavy atom. The van der Waals surface area contributed by atoms with E-state index in [0.29, 0.717) is 11.4 Å². The van der Waals surface area contributed by atoms with Crippen molar-refractivity contribution in [3.8, 4) is 11.4 Å². The van der Waals surface area contributed by atoms with Crippen molar-refractivity contribution in [1.29, 1.82) is 0 Å². The van der Waals surface area contributed by atoms with Gasteiger partial charge in [0.15, 0.2) is 0 Å². The minimum absolute atomic E-state index is 0.0752. The predicted molar refractivity (Wildman–Crippen MR) is 103 cm³/mol. The van der Waals surface area contributed by atoms with Gasteiger partial charge in [-0.25, -0.2) is 4.79 Å². The zero-order valence-corrected chi connectivity index (χ0v) is 16.1. The Hall–Kier alpha value is -3.00. The average Bonchev–Trinajstić information content (AvgIpc) is 3.00. The van der Waals surface area contributed by atoms with Gasteiger partial charge in [0.1, 0.15) is 5.75 Å². The van der Waals surface area contributed by atoms with Gasteiger partial charge in [0.25, 0.3) is 0 Å². The summed E-state index contributed by atoms with van der Waals surface area (Å²) in [5.41, 5.74) is 3.04. The lowest BCUT2D eigenvalue weighted by molar-refractivity contribution is -0.704. The van der Waals surface area contributed by atoms with Crippen molar-refractivity contribution in [2.45, 2.75) is 18.9 Å². The Bertz CT molecular complexity index is 988. The molecule has 1 aromatic heterocycles. The number of anilines is 1. The predicted octanol–water partition coefficient (Wildman–Crippen LogP) is 2.60. The molecule has 140 valence electrons. The van der Waals surface area contributed by atoms with Crippen LogP contribution < -0.4 is 20.4 Å². The molecule has 0 aliphatic rings. The molecule has 1 heterocycles. The normalized spacial score (nSPS) is 10.6. The minimum Gasteiger partial charge on any atom is -0.497 e. The van der Waals surface area contributed by atoms with E-state index in [9.17, 15) is 9.59 Å². The first-order valence-electron chi connectivity index (χ1n) is 8.25. The second-order valence-electron chi connectivity index (χ2n) is 6.03. The maximum Gasteiger partial charge on any atom is 0.442 e. The summed E-state index contributed by atoms with van der Waals surface area (Å²) in [6, 6.07) is 12.9. The standard InChI is InChI=1S/C19H19N3O4S/c1-12-8-13(2)10-14(9-12)20-17(23)11-27-18-19(24)26-21-22(18)15-4-6-16(25-3)7-5-15/h4-10H,11H2,1-3H3,(H-,20,21,23,24)/p+1. The number of methoxy groups -OCH3 is 1. The summed E-state index contributed by atoms with van der Waals surface area (Å²) < 4.78 is 11.5. The Kier molecular flexibility index (Phi) is 5.66. The molecular weight excluding hydrogens is 366 g/mol. The number of amides is 1. The SMILES string of the molecule is COc1ccc(-[n+]2[nH]oc(=O)c2SCC(=O)Nc2cc(C)cc(C)c2)cc1. The van der Waals surface area contributed by atoms with Crippen molar-refractivity contribution < 1.29 is 18.7 Å². The molecule has 0 aliphatic heterocycles. The molecule has 0 saturated carbocycles. The number of ether oxygens (including phenoxy) is 1. The molecule has 0 unspecified atom stereocenters. The Morgan fingerprint density at radius 2 is 1.85 bits per heavy atom. The number of H-pyrrole nitrogens is 1. The van der Waals surface area contributed by atoms with Crippen LogP contribution in [0.25, 0.3) is 5.69 Å². The van der Waals surface area contributed by atoms with Crippen LogP contribution in [0.1, 0.15) is 11.1 Å². The van der Waals surface area contributed by atoms with Crippen molar-refractivity contribution in [2.24, 2.45) is 0 Å². The molecule has 3 rings (SSSR count). The third-order valence-electron chi connectivity index (χ3n) is 3.78. The molecule has 0 aliphatic carbocycles. The molecule has 3 aromatic rings. The van der Waals surface area contributed by atoms with Crippen LogP contribution in [-0.2, 0) is 4.79 Å². The van der Waals surface area contributed by atoms with Crippen molar-refractivity contribution >= 4 is 23.4 Å². The molecule has 0 fully saturated rings. The first-order chi connectivity index (χ1) is 13.0. The van der Waals surface area contributed by atoms with Crippen molar-refractivity contribution in [3.05, 3.63) is 64.0 Å². The second-order valence-corrected chi connectivity index (χ2v) is 7.00. The summed E-state index contributed by atoms with van der Waals surface area (Å²) in [6.45, 7) is 3.94. The van der Waals surface area contributed by atoms with Crippen molar-refractivity contribution in [3.63, 3.8) is 0 Å². The number of thioether (sulfide) groups is 1. The summed E-state index contributed by atoms with van der Waals surface area (Å²) in [7, 11) is 1.58. The summed E-state index contributed by atoms with van der Waals surface area (Å²) in [5.74, 6) is 0.574. The van der Waals surface area contributed by atoms with E-state index >= 15 is 0 Å². The number of hydrogen-bond acceptors (Lipinski definition) is 5. The second kappa shape index (κ2) is 8.13. The van der Waals surface area contributed by atoms with E-state index in [-0.39, 0.29) is 16.7 Å². The third-order valence-corrected chi connectivity index (χ3v) is 4.81. The fourth-order valence-corrected chi connectivity index (χ4v) is 3.44. The number of rotatable bonds is 6. The molecule has 8 heteroatoms. The van der Waals surface area contributed by atoms with E-state index in [1.807, 2.05) is 32.0 Å². The van der Waals surface area contributed by atoms with Gasteiger partial charge >= 0.3 is 10.7 Å². The monoisotopic (exact) mass is 386 g/mol. The first kappa shape index (κ1) is 18.8. The van der Waals surface area contributed by atoms with Crippen LogP contribution in [0.15, 0.2) is 56.8 Å². The maximum atomic E-state index is 12.3. The van der Waals surface area contributed by atoms with Gasteiger partial charge in [0, 0.05) is 17.8 Å². The van der Waals surface area contributed by atoms with Gasteiger partial charge < -0.3 is 10.1 Å². The zero-order chi connectivity index (χ0) is 19.4. The highest BCUT2D eigenvalue weighted by Gasteiger charge is 2.25. The van der Waals surface area contributed by atoms with Gasteiger partial charge in [0.2, 0.25) is 11.6 Å². The molecule has 0 spiro atoms. The number of benzene rings is 2. The number of nitrogens with zero attached hydrogens (tertiary/aromatic N) is 1. The fourth-order valence-electron chi connectivity index (χ4n) is 2.67. The van der Waals surface area contributed by atoms with E-state index in [2.05, 4.69) is 10.6 Å². The van der Waals surface area contributed by atoms with Gasteiger partial charge in [-0.2, -0.15) is 0 Å². The molecule has 2 aromatic carbocycles. The van der Waals surface area contributed by atoms with Gasteiger partial charge in [-0.15, -0.1) is 0 Å². The Labute approximate surface area is 160 Å². The van der Waals surface area contributed by atoms with E-state index < -0.39 is 5.63 Å². The number of nitrogens with one attached hydrogen (secondary N) is 2. The number of aryl methyl sites for hydroxylation is 2. The zero-order valence-electron chi connectivity index (χ0n) is 15.2. The number of aromatic amines is 1. The van der Waals surface area contributed by atoms with Crippen LogP contribution in [-0.4, -0.2) is 24.0 Å². The topological polar surface area (TPSA) is 88.2 Å². The third kappa shape index (κ3) is 4.59. The van der Waals surface area contributed by atoms with Crippen LogP contribution in [0, 0.1) is 13.8 Å². The first-order valence-corrected chi connectivity index (χ1v) is 9.24. The highest BCUT2D eigenvalue weighted by atomic mass is 32.2. The van der Waals surface area contributed by atoms with E-state index in [1.165, 1.54) is 4.68 Å². The van der Waals surface area contributed by atoms with Gasteiger partial charge in [-0.05, 0) is 71.0 Å². The van der Waals surface area contributed by atoms with Gasteiger partial charge in [-0.3, -0.25) is 9.32 Å². The largest absolute Gasteiger partial charge is 0.497 e. The summed E-state index contributed by atoms with van der Waals surface area (Å²) in [5, 5.41) is 5.69. The summed E-state index contributed by atoms with van der Waals surface area (Å²) in [4.78, 5) is 24.3. The number of carbonyl (C=O) groups excluding carboxylic acids is 1. The molecule has 0 bridgehead atoms. The van der Waals surface area contributed by atoms with Crippen LogP contribution in [0.5, 0.6) is 5.75 Å². The van der Waals surface area contributed by atoms with Gasteiger partial charge in [0.05, 0.1) is 12.9 Å². The molecule has 2 N–H and O–H groups in total. The lowest BCUT2D eigenvalue weighted by Gasteiger charge is -2.06. The molecular formula is C19H20N3O4S+. The number of hydrogen-bond donors (Lipinski definition) is 2. The number of carbonyl (C=O) groups is 1. The van der Waals surface area contributed by atoms with Gasteiger partial charge in [-0.1, -0.05) is 6.07 Å². The molecule has 0 radical (unpaired) electrons. The van der Waals surface area contributed by atoms with E-state index in [0.717, 1.165) is 28.6 Å². The van der Waals surface area contributed by atoms with E-state index in [1.54, 1.807) is 31.4 Å². The van der Waals surface area contributed by atoms with Crippen LogP contribution in [0.3, 0.4) is 0 Å². The summed E-state index contributed by atoms with van der Waals surface area (Å²) in [6.07, 6.45) is 0. The lowest BCUT2D eigenvalue weighted by atomic mass is 10.1. The Balaban J connectivity index is 1.71. The quantitative estimate of drug-likeness (QED) is 0.502. The Morgan fingerprint density at radius 3 is 2.48 bits per heavy atom. The molecule has 0 atom stereocenters. The minimum atomic E-state index is -0.532. The van der Waals surface area contributed by atoms with Crippen molar-refractivity contribution in [2.75, 3.05) is 18.2 Å². The highest BCUT2D eigenvalue weighted by molar-refractivity contribution is 7.99. The highest BCUT2D eigenvalue weighted by Crippen LogP contribution is 2.17. The molecule has 0 saturated heterocycles. The molecule has 27 heavy (non-hydrogen) atoms. The smallest absolute Gasteiger partial charge is 0.442 e. The molecule has 1 amide bonds. The fraction of sp³-hybridized carbons (Fsp3) is 0.211. The van der Waals surface area contributed by atoms with Crippen molar-refractivity contribution in [1.82, 2.24) is 5.27 Å². The number of aromatic nitrogens is 2. The average molecular weight is 386 g/mol. The maximum absolute atomic E-state index is 12.3. The van der Waals surface area contributed by atoms with Crippen LogP contribution in [0.2, 0.25) is 0 Å². The molecule has 7 nitrogen and oxygen atoms in total. The van der Waals surface area contributed by atoms with E-state index in [4.69, 9.17) is 9.26 Å².